The molecule has 1 fully saturated rings. The van der Waals surface area contributed by atoms with Crippen LogP contribution in [0.1, 0.15) is 41.7 Å². The quantitative estimate of drug-likeness (QED) is 0.891. The van der Waals surface area contributed by atoms with E-state index >= 15 is 0 Å². The Bertz CT molecular complexity index is 661. The molecule has 1 saturated carbocycles. The van der Waals surface area contributed by atoms with Crippen LogP contribution in [-0.2, 0) is 0 Å². The van der Waals surface area contributed by atoms with Gasteiger partial charge in [-0.3, -0.25) is 9.78 Å². The molecular formula is C17H20N2O2. The maximum Gasteiger partial charge on any atom is 0.253 e. The molecule has 1 aliphatic carbocycles. The van der Waals surface area contributed by atoms with Crippen LogP contribution < -0.4 is 5.32 Å². The van der Waals surface area contributed by atoms with Crippen molar-refractivity contribution in [3.63, 3.8) is 0 Å². The fraction of sp³-hybridized carbons (Fsp3) is 0.412. The third-order valence-corrected chi connectivity index (χ3v) is 4.19. The zero-order chi connectivity index (χ0) is 14.8. The molecule has 4 nitrogen and oxygen atoms in total. The highest BCUT2D eigenvalue weighted by atomic mass is 16.3. The van der Waals surface area contributed by atoms with E-state index in [1.807, 2.05) is 37.3 Å². The number of aliphatic hydroxyl groups excluding tert-OH is 1. The van der Waals surface area contributed by atoms with E-state index in [9.17, 15) is 9.90 Å². The zero-order valence-electron chi connectivity index (χ0n) is 12.2. The van der Waals surface area contributed by atoms with Gasteiger partial charge in [0, 0.05) is 11.4 Å². The summed E-state index contributed by atoms with van der Waals surface area (Å²) in [5.74, 6) is -0.0628. The third-order valence-electron chi connectivity index (χ3n) is 4.19. The molecule has 3 rings (SSSR count). The van der Waals surface area contributed by atoms with Crippen molar-refractivity contribution in [3.8, 4) is 0 Å². The summed E-state index contributed by atoms with van der Waals surface area (Å²) in [6, 6.07) is 9.88. The number of hydrogen-bond donors (Lipinski definition) is 2. The lowest BCUT2D eigenvalue weighted by molar-refractivity contribution is 0.0867. The normalized spacial score (nSPS) is 22.2. The lowest BCUT2D eigenvalue weighted by atomic mass is 9.93. The summed E-state index contributed by atoms with van der Waals surface area (Å²) in [5.41, 5.74) is 2.30. The van der Waals surface area contributed by atoms with Crippen LogP contribution in [0.2, 0.25) is 0 Å². The van der Waals surface area contributed by atoms with Crippen LogP contribution in [0.3, 0.4) is 0 Å². The molecule has 0 radical (unpaired) electrons. The van der Waals surface area contributed by atoms with Gasteiger partial charge < -0.3 is 10.4 Å². The van der Waals surface area contributed by atoms with Gasteiger partial charge in [-0.25, -0.2) is 0 Å². The van der Waals surface area contributed by atoms with Crippen LogP contribution in [0, 0.1) is 6.92 Å². The highest BCUT2D eigenvalue weighted by molar-refractivity contribution is 5.98. The van der Waals surface area contributed by atoms with E-state index in [4.69, 9.17) is 0 Å². The maximum atomic E-state index is 12.4. The monoisotopic (exact) mass is 284 g/mol. The smallest absolute Gasteiger partial charge is 0.253 e. The predicted octanol–water partition coefficient (Wildman–Crippen LogP) is 2.58. The molecule has 2 aromatic rings. The summed E-state index contributed by atoms with van der Waals surface area (Å²) in [7, 11) is 0. The molecule has 0 spiro atoms. The molecule has 4 heteroatoms. The molecule has 110 valence electrons. The van der Waals surface area contributed by atoms with Gasteiger partial charge in [-0.2, -0.15) is 0 Å². The van der Waals surface area contributed by atoms with E-state index in [2.05, 4.69) is 10.3 Å². The number of hydrogen-bond acceptors (Lipinski definition) is 3. The van der Waals surface area contributed by atoms with Crippen molar-refractivity contribution < 1.29 is 9.90 Å². The molecule has 1 amide bonds. The van der Waals surface area contributed by atoms with Crippen LogP contribution in [0.4, 0.5) is 0 Å². The van der Waals surface area contributed by atoms with Crippen LogP contribution >= 0.6 is 0 Å². The number of aryl methyl sites for hydroxylation is 1. The fourth-order valence-corrected chi connectivity index (χ4v) is 2.93. The van der Waals surface area contributed by atoms with Crippen molar-refractivity contribution in [2.24, 2.45) is 0 Å². The van der Waals surface area contributed by atoms with E-state index in [0.29, 0.717) is 5.56 Å². The summed E-state index contributed by atoms with van der Waals surface area (Å²) < 4.78 is 0. The Labute approximate surface area is 124 Å². The molecule has 1 aromatic heterocycles. The van der Waals surface area contributed by atoms with Crippen molar-refractivity contribution in [3.05, 3.63) is 41.6 Å². The van der Waals surface area contributed by atoms with Gasteiger partial charge in [0.25, 0.3) is 5.91 Å². The molecule has 2 N–H and O–H groups in total. The van der Waals surface area contributed by atoms with E-state index < -0.39 is 0 Å². The summed E-state index contributed by atoms with van der Waals surface area (Å²) in [6.07, 6.45) is 3.00. The number of carbonyl (C=O) groups is 1. The minimum atomic E-state index is -0.206. The second kappa shape index (κ2) is 5.82. The molecule has 1 aromatic carbocycles. The fourth-order valence-electron chi connectivity index (χ4n) is 2.93. The highest BCUT2D eigenvalue weighted by Gasteiger charge is 2.22. The number of aliphatic hydroxyl groups is 1. The first-order valence-electron chi connectivity index (χ1n) is 7.49. The summed E-state index contributed by atoms with van der Waals surface area (Å²) in [6.45, 7) is 1.87. The molecule has 0 unspecified atom stereocenters. The minimum Gasteiger partial charge on any atom is -0.393 e. The van der Waals surface area contributed by atoms with E-state index in [0.717, 1.165) is 42.3 Å². The van der Waals surface area contributed by atoms with Gasteiger partial charge in [-0.1, -0.05) is 18.2 Å². The van der Waals surface area contributed by atoms with Gasteiger partial charge in [0.15, 0.2) is 0 Å². The molecule has 0 saturated heterocycles. The van der Waals surface area contributed by atoms with E-state index in [1.165, 1.54) is 0 Å². The number of aromatic nitrogens is 1. The number of para-hydroxylation sites is 1. The van der Waals surface area contributed by atoms with Crippen molar-refractivity contribution in [1.29, 1.82) is 0 Å². The van der Waals surface area contributed by atoms with E-state index in [-0.39, 0.29) is 18.1 Å². The van der Waals surface area contributed by atoms with E-state index in [1.54, 1.807) is 0 Å². The van der Waals surface area contributed by atoms with Gasteiger partial charge in [0.05, 0.1) is 22.9 Å². The Balaban J connectivity index is 1.79. The number of nitrogens with zero attached hydrogens (tertiary/aromatic N) is 1. The Morgan fingerprint density at radius 2 is 1.95 bits per heavy atom. The van der Waals surface area contributed by atoms with Crippen molar-refractivity contribution in [2.75, 3.05) is 0 Å². The Kier molecular flexibility index (Phi) is 3.88. The van der Waals surface area contributed by atoms with Gasteiger partial charge in [-0.15, -0.1) is 0 Å². The summed E-state index contributed by atoms with van der Waals surface area (Å²) >= 11 is 0. The minimum absolute atomic E-state index is 0.0628. The van der Waals surface area contributed by atoms with Gasteiger partial charge in [0.1, 0.15) is 0 Å². The number of fused-ring (bicyclic) bond motifs is 1. The molecule has 1 heterocycles. The maximum absolute atomic E-state index is 12.4. The topological polar surface area (TPSA) is 62.2 Å². The number of carbonyl (C=O) groups excluding carboxylic acids is 1. The number of pyridine rings is 1. The highest BCUT2D eigenvalue weighted by Crippen LogP contribution is 2.20. The molecular weight excluding hydrogens is 264 g/mol. The molecule has 21 heavy (non-hydrogen) atoms. The Morgan fingerprint density at radius 1 is 1.24 bits per heavy atom. The first kappa shape index (κ1) is 14.0. The van der Waals surface area contributed by atoms with Crippen molar-refractivity contribution >= 4 is 16.8 Å². The molecule has 1 aliphatic rings. The van der Waals surface area contributed by atoms with Gasteiger partial charge >= 0.3 is 0 Å². The SMILES string of the molecule is Cc1nc2ccccc2cc1C(=O)NC1CCC(O)CC1. The predicted molar refractivity (Wildman–Crippen MR) is 82.2 cm³/mol. The van der Waals surface area contributed by atoms with Crippen molar-refractivity contribution in [1.82, 2.24) is 10.3 Å². The van der Waals surface area contributed by atoms with Gasteiger partial charge in [-0.05, 0) is 44.7 Å². The molecule has 0 atom stereocenters. The Hall–Kier alpha value is -1.94. The number of nitrogens with one attached hydrogen (secondary N) is 1. The van der Waals surface area contributed by atoms with Crippen LogP contribution in [0.15, 0.2) is 30.3 Å². The number of benzene rings is 1. The molecule has 0 bridgehead atoms. The van der Waals surface area contributed by atoms with Crippen molar-refractivity contribution in [2.45, 2.75) is 44.8 Å². The average Bonchev–Trinajstić information content (AvgIpc) is 2.49. The van der Waals surface area contributed by atoms with Gasteiger partial charge in [0.2, 0.25) is 0 Å². The lowest BCUT2D eigenvalue weighted by Gasteiger charge is -2.26. The van der Waals surface area contributed by atoms with Crippen LogP contribution in [0.5, 0.6) is 0 Å². The Morgan fingerprint density at radius 3 is 2.71 bits per heavy atom. The summed E-state index contributed by atoms with van der Waals surface area (Å²) in [5, 5.41) is 13.6. The summed E-state index contributed by atoms with van der Waals surface area (Å²) in [4.78, 5) is 16.9. The van der Waals surface area contributed by atoms with Crippen LogP contribution in [0.25, 0.3) is 10.9 Å². The molecule has 0 aliphatic heterocycles. The second-order valence-corrected chi connectivity index (χ2v) is 5.79. The largest absolute Gasteiger partial charge is 0.393 e. The standard InChI is InChI=1S/C17H20N2O2/c1-11-15(10-12-4-2-3-5-16(12)18-11)17(21)19-13-6-8-14(20)9-7-13/h2-5,10,13-14,20H,6-9H2,1H3,(H,19,21). The second-order valence-electron chi connectivity index (χ2n) is 5.79. The zero-order valence-corrected chi connectivity index (χ0v) is 12.2. The number of rotatable bonds is 2. The lowest BCUT2D eigenvalue weighted by Crippen LogP contribution is -2.38. The first-order chi connectivity index (χ1) is 10.1. The van der Waals surface area contributed by atoms with Crippen LogP contribution in [-0.4, -0.2) is 28.1 Å². The average molecular weight is 284 g/mol. The first-order valence-corrected chi connectivity index (χ1v) is 7.49. The third kappa shape index (κ3) is 3.05. The number of amides is 1.